The summed E-state index contributed by atoms with van der Waals surface area (Å²) in [6.45, 7) is 0. The molecule has 0 amide bonds. The third kappa shape index (κ3) is 1.89. The topological polar surface area (TPSA) is 39.4 Å². The van der Waals surface area contributed by atoms with E-state index in [2.05, 4.69) is 0 Å². The average Bonchev–Trinajstić information content (AvgIpc) is 2.48. The van der Waals surface area contributed by atoms with Gasteiger partial charge in [-0.3, -0.25) is 4.79 Å². The number of hydrogen-bond donors (Lipinski definition) is 0. The van der Waals surface area contributed by atoms with Crippen LogP contribution in [0.5, 0.6) is 5.75 Å². The molecule has 0 unspecified atom stereocenters. The van der Waals surface area contributed by atoms with Gasteiger partial charge in [-0.05, 0) is 18.2 Å². The molecule has 1 heterocycles. The van der Waals surface area contributed by atoms with Gasteiger partial charge in [0.05, 0.1) is 18.1 Å². The number of methoxy groups -OCH3 is 1. The third-order valence-electron chi connectivity index (χ3n) is 3.08. The lowest BCUT2D eigenvalue weighted by molar-refractivity contribution is 0.416. The number of hydrogen-bond acceptors (Lipinski definition) is 3. The van der Waals surface area contributed by atoms with Crippen LogP contribution in [0.15, 0.2) is 64.0 Å². The highest BCUT2D eigenvalue weighted by Crippen LogP contribution is 2.28. The molecule has 1 aromatic heterocycles. The van der Waals surface area contributed by atoms with E-state index in [9.17, 15) is 4.79 Å². The minimum absolute atomic E-state index is 0.0497. The molecule has 0 N–H and O–H groups in total. The summed E-state index contributed by atoms with van der Waals surface area (Å²) in [6.07, 6.45) is 1.49. The van der Waals surface area contributed by atoms with E-state index in [1.54, 1.807) is 19.2 Å². The summed E-state index contributed by atoms with van der Waals surface area (Å²) in [5, 5.41) is 0.575. The monoisotopic (exact) mass is 252 g/mol. The fourth-order valence-electron chi connectivity index (χ4n) is 2.13. The number of ether oxygens (including phenoxy) is 1. The fourth-order valence-corrected chi connectivity index (χ4v) is 2.13. The molecule has 0 saturated heterocycles. The Labute approximate surface area is 110 Å². The lowest BCUT2D eigenvalue weighted by Gasteiger charge is -2.07. The van der Waals surface area contributed by atoms with Crippen LogP contribution in [0.25, 0.3) is 22.1 Å². The van der Waals surface area contributed by atoms with E-state index in [0.717, 1.165) is 5.56 Å². The van der Waals surface area contributed by atoms with Crippen molar-refractivity contribution < 1.29 is 9.15 Å². The van der Waals surface area contributed by atoms with Gasteiger partial charge in [-0.2, -0.15) is 0 Å². The molecular formula is C16H12O3. The van der Waals surface area contributed by atoms with Crippen LogP contribution in [0.1, 0.15) is 0 Å². The molecule has 0 spiro atoms. The fraction of sp³-hybridized carbons (Fsp3) is 0.0625. The SMILES string of the molecule is COc1ccccc1-c1coc2ccccc2c1=O. The van der Waals surface area contributed by atoms with Gasteiger partial charge in [0.2, 0.25) is 5.43 Å². The van der Waals surface area contributed by atoms with Gasteiger partial charge in [0, 0.05) is 5.56 Å². The standard InChI is InChI=1S/C16H12O3/c1-18-14-8-4-2-6-11(14)13-10-19-15-9-5-3-7-12(15)16(13)17/h2-10H,1H3. The Morgan fingerprint density at radius 2 is 1.68 bits per heavy atom. The minimum Gasteiger partial charge on any atom is -0.496 e. The maximum atomic E-state index is 12.5. The van der Waals surface area contributed by atoms with Gasteiger partial charge >= 0.3 is 0 Å². The molecule has 94 valence electrons. The van der Waals surface area contributed by atoms with Gasteiger partial charge in [-0.25, -0.2) is 0 Å². The molecule has 0 saturated carbocycles. The summed E-state index contributed by atoms with van der Waals surface area (Å²) in [5.74, 6) is 0.657. The lowest BCUT2D eigenvalue weighted by Crippen LogP contribution is -2.05. The Bertz CT molecular complexity index is 787. The van der Waals surface area contributed by atoms with Crippen molar-refractivity contribution >= 4 is 11.0 Å². The van der Waals surface area contributed by atoms with Crippen molar-refractivity contribution in [2.45, 2.75) is 0 Å². The van der Waals surface area contributed by atoms with Crippen molar-refractivity contribution in [3.8, 4) is 16.9 Å². The zero-order valence-corrected chi connectivity index (χ0v) is 10.4. The number of fused-ring (bicyclic) bond motifs is 1. The van der Waals surface area contributed by atoms with Gasteiger partial charge in [-0.1, -0.05) is 30.3 Å². The van der Waals surface area contributed by atoms with E-state index in [4.69, 9.17) is 9.15 Å². The summed E-state index contributed by atoms with van der Waals surface area (Å²) in [6, 6.07) is 14.6. The number of rotatable bonds is 2. The molecule has 0 aliphatic carbocycles. The van der Waals surface area contributed by atoms with Crippen molar-refractivity contribution in [3.63, 3.8) is 0 Å². The first-order valence-electron chi connectivity index (χ1n) is 5.95. The Kier molecular flexibility index (Phi) is 2.80. The van der Waals surface area contributed by atoms with Crippen LogP contribution in [0.4, 0.5) is 0 Å². The Balaban J connectivity index is 2.32. The molecule has 0 fully saturated rings. The molecule has 0 bridgehead atoms. The minimum atomic E-state index is -0.0497. The second-order valence-electron chi connectivity index (χ2n) is 4.17. The summed E-state index contributed by atoms with van der Waals surface area (Å²) in [7, 11) is 1.58. The molecule has 0 atom stereocenters. The van der Waals surface area contributed by atoms with Crippen molar-refractivity contribution in [1.29, 1.82) is 0 Å². The quantitative estimate of drug-likeness (QED) is 0.701. The molecular weight excluding hydrogens is 240 g/mol. The van der Waals surface area contributed by atoms with Gasteiger partial charge in [-0.15, -0.1) is 0 Å². The number of para-hydroxylation sites is 2. The first-order valence-corrected chi connectivity index (χ1v) is 5.95. The van der Waals surface area contributed by atoms with Crippen LogP contribution >= 0.6 is 0 Å². The second kappa shape index (κ2) is 4.61. The van der Waals surface area contributed by atoms with E-state index in [0.29, 0.717) is 22.3 Å². The number of benzene rings is 2. The highest BCUT2D eigenvalue weighted by Gasteiger charge is 2.12. The lowest BCUT2D eigenvalue weighted by atomic mass is 10.0. The molecule has 0 radical (unpaired) electrons. The van der Waals surface area contributed by atoms with E-state index < -0.39 is 0 Å². The zero-order valence-electron chi connectivity index (χ0n) is 10.4. The van der Waals surface area contributed by atoms with Crippen LogP contribution in [0.3, 0.4) is 0 Å². The maximum Gasteiger partial charge on any atom is 0.200 e. The van der Waals surface area contributed by atoms with Gasteiger partial charge < -0.3 is 9.15 Å². The normalized spacial score (nSPS) is 10.6. The van der Waals surface area contributed by atoms with Crippen molar-refractivity contribution in [1.82, 2.24) is 0 Å². The molecule has 2 aromatic carbocycles. The molecule has 0 aliphatic heterocycles. The maximum absolute atomic E-state index is 12.5. The van der Waals surface area contributed by atoms with Crippen molar-refractivity contribution in [3.05, 3.63) is 65.0 Å². The van der Waals surface area contributed by atoms with Crippen LogP contribution in [0.2, 0.25) is 0 Å². The van der Waals surface area contributed by atoms with E-state index >= 15 is 0 Å². The molecule has 3 heteroatoms. The highest BCUT2D eigenvalue weighted by molar-refractivity contribution is 5.82. The van der Waals surface area contributed by atoms with Gasteiger partial charge in [0.25, 0.3) is 0 Å². The predicted molar refractivity (Wildman–Crippen MR) is 74.5 cm³/mol. The van der Waals surface area contributed by atoms with Crippen molar-refractivity contribution in [2.24, 2.45) is 0 Å². The summed E-state index contributed by atoms with van der Waals surface area (Å²) < 4.78 is 10.8. The van der Waals surface area contributed by atoms with Crippen LogP contribution in [0, 0.1) is 0 Å². The summed E-state index contributed by atoms with van der Waals surface area (Å²) in [5.41, 5.74) is 1.79. The zero-order chi connectivity index (χ0) is 13.2. The van der Waals surface area contributed by atoms with E-state index in [-0.39, 0.29) is 5.43 Å². The summed E-state index contributed by atoms with van der Waals surface area (Å²) in [4.78, 5) is 12.5. The Morgan fingerprint density at radius 1 is 0.947 bits per heavy atom. The smallest absolute Gasteiger partial charge is 0.200 e. The van der Waals surface area contributed by atoms with Crippen LogP contribution in [-0.2, 0) is 0 Å². The molecule has 0 aliphatic rings. The van der Waals surface area contributed by atoms with E-state index in [1.165, 1.54) is 6.26 Å². The van der Waals surface area contributed by atoms with Crippen LogP contribution in [-0.4, -0.2) is 7.11 Å². The Hall–Kier alpha value is -2.55. The Morgan fingerprint density at radius 3 is 2.53 bits per heavy atom. The predicted octanol–water partition coefficient (Wildman–Crippen LogP) is 3.47. The van der Waals surface area contributed by atoms with Gasteiger partial charge in [0.15, 0.2) is 0 Å². The highest BCUT2D eigenvalue weighted by atomic mass is 16.5. The molecule has 19 heavy (non-hydrogen) atoms. The molecule has 3 aromatic rings. The average molecular weight is 252 g/mol. The third-order valence-corrected chi connectivity index (χ3v) is 3.08. The first-order chi connectivity index (χ1) is 9.31. The van der Waals surface area contributed by atoms with E-state index in [1.807, 2.05) is 36.4 Å². The summed E-state index contributed by atoms with van der Waals surface area (Å²) >= 11 is 0. The second-order valence-corrected chi connectivity index (χ2v) is 4.17. The molecule has 3 rings (SSSR count). The van der Waals surface area contributed by atoms with Crippen LogP contribution < -0.4 is 10.2 Å². The first kappa shape index (κ1) is 11.5. The largest absolute Gasteiger partial charge is 0.496 e. The molecule has 3 nitrogen and oxygen atoms in total. The van der Waals surface area contributed by atoms with Gasteiger partial charge in [0.1, 0.15) is 17.6 Å². The van der Waals surface area contributed by atoms with Crippen molar-refractivity contribution in [2.75, 3.05) is 7.11 Å².